The molecule has 0 aromatic heterocycles. The molecule has 0 N–H and O–H groups in total. The van der Waals surface area contributed by atoms with Gasteiger partial charge in [-0.15, -0.1) is 0 Å². The van der Waals surface area contributed by atoms with Crippen molar-refractivity contribution in [1.29, 1.82) is 0 Å². The van der Waals surface area contributed by atoms with Gasteiger partial charge in [0.15, 0.2) is 0 Å². The van der Waals surface area contributed by atoms with Crippen molar-refractivity contribution < 1.29 is 25.2 Å². The van der Waals surface area contributed by atoms with Crippen LogP contribution in [0.4, 0.5) is 0 Å². The van der Waals surface area contributed by atoms with Crippen LogP contribution in [-0.4, -0.2) is 16.5 Å². The van der Waals surface area contributed by atoms with Gasteiger partial charge in [-0.1, -0.05) is 0 Å². The minimum absolute atomic E-state index is 0.0520. The third-order valence-corrected chi connectivity index (χ3v) is 3.11. The van der Waals surface area contributed by atoms with E-state index in [1.165, 1.54) is 0 Å². The van der Waals surface area contributed by atoms with Crippen molar-refractivity contribution in [3.05, 3.63) is 29.3 Å². The summed E-state index contributed by atoms with van der Waals surface area (Å²) in [6.07, 6.45) is 0.112. The number of carbonyl (C=O) groups excluding carboxylic acids is 1. The number of ether oxygens (including phenoxy) is 1. The van der Waals surface area contributed by atoms with E-state index in [0.717, 1.165) is 11.3 Å². The van der Waals surface area contributed by atoms with Crippen LogP contribution in [0, 0.1) is 0 Å². The molecule has 0 heterocycles. The van der Waals surface area contributed by atoms with Crippen molar-refractivity contribution in [2.45, 2.75) is 26.9 Å². The molecule has 1 aromatic rings. The van der Waals surface area contributed by atoms with E-state index in [1.807, 2.05) is 30.6 Å². The van der Waals surface area contributed by atoms with Gasteiger partial charge in [-0.25, -0.2) is 0 Å². The van der Waals surface area contributed by atoms with Gasteiger partial charge in [-0.05, 0) is 0 Å². The van der Waals surface area contributed by atoms with Gasteiger partial charge >= 0.3 is 107 Å². The molecule has 1 aromatic carbocycles. The molecular formula is C12H14ClO2Ru. The zero-order chi connectivity index (χ0) is 12.1. The Balaban J connectivity index is 3.13. The predicted molar refractivity (Wildman–Crippen MR) is 63.2 cm³/mol. The first-order chi connectivity index (χ1) is 7.54. The molecule has 0 amide bonds. The summed E-state index contributed by atoms with van der Waals surface area (Å²) in [7, 11) is 5.77. The summed E-state index contributed by atoms with van der Waals surface area (Å²) in [4.78, 5) is 11.3. The molecule has 0 unspecified atom stereocenters. The van der Waals surface area contributed by atoms with Crippen molar-refractivity contribution in [1.82, 2.24) is 0 Å². The Labute approximate surface area is 107 Å². The summed E-state index contributed by atoms with van der Waals surface area (Å²) in [6.45, 7) is 5.49. The van der Waals surface area contributed by atoms with Crippen LogP contribution in [0.25, 0.3) is 0 Å². The molecule has 0 fully saturated rings. The first kappa shape index (κ1) is 13.5. The van der Waals surface area contributed by atoms with Gasteiger partial charge in [0.1, 0.15) is 0 Å². The van der Waals surface area contributed by atoms with Crippen LogP contribution in [-0.2, 0) is 15.7 Å². The topological polar surface area (TPSA) is 26.3 Å². The average molecular weight is 327 g/mol. The normalized spacial score (nSPS) is 11.6. The number of Topliss-reactive ketones (excluding diaryl/α,β-unsaturated/α-hetero) is 1. The Kier molecular flexibility index (Phi) is 5.30. The van der Waals surface area contributed by atoms with Gasteiger partial charge in [0, 0.05) is 0 Å². The first-order valence-corrected chi connectivity index (χ1v) is 8.15. The van der Waals surface area contributed by atoms with E-state index in [0.29, 0.717) is 5.56 Å². The fraction of sp³-hybridized carbons (Fsp3) is 0.333. The number of hydrogen-bond donors (Lipinski definition) is 0. The second kappa shape index (κ2) is 6.27. The number of carbonyl (C=O) groups is 1. The molecule has 16 heavy (non-hydrogen) atoms. The van der Waals surface area contributed by atoms with E-state index in [9.17, 15) is 4.79 Å². The van der Waals surface area contributed by atoms with Crippen LogP contribution in [0.1, 0.15) is 36.7 Å². The van der Waals surface area contributed by atoms with Gasteiger partial charge in [-0.3, -0.25) is 0 Å². The summed E-state index contributed by atoms with van der Waals surface area (Å²) in [5.41, 5.74) is 1.60. The van der Waals surface area contributed by atoms with Crippen molar-refractivity contribution in [3.63, 3.8) is 0 Å². The second-order valence-electron chi connectivity index (χ2n) is 3.65. The van der Waals surface area contributed by atoms with Crippen LogP contribution in [0.15, 0.2) is 18.2 Å². The van der Waals surface area contributed by atoms with E-state index in [2.05, 4.69) is 0 Å². The van der Waals surface area contributed by atoms with Gasteiger partial charge in [0.25, 0.3) is 0 Å². The zero-order valence-corrected chi connectivity index (χ0v) is 11.9. The number of ketones is 1. The Morgan fingerprint density at radius 1 is 1.50 bits per heavy atom. The molecule has 0 radical (unpaired) electrons. The summed E-state index contributed by atoms with van der Waals surface area (Å²) in [5.74, 6) is 0.839. The van der Waals surface area contributed by atoms with Crippen LogP contribution in [0.5, 0.6) is 5.75 Å². The molecule has 2 nitrogen and oxygen atoms in total. The molecule has 89 valence electrons. The number of benzene rings is 1. The second-order valence-corrected chi connectivity index (χ2v) is 5.45. The van der Waals surface area contributed by atoms with Crippen LogP contribution < -0.4 is 4.74 Å². The van der Waals surface area contributed by atoms with Gasteiger partial charge in [0.2, 0.25) is 0 Å². The van der Waals surface area contributed by atoms with Gasteiger partial charge in [-0.2, -0.15) is 0 Å². The first-order valence-electron chi connectivity index (χ1n) is 4.91. The van der Waals surface area contributed by atoms with Gasteiger partial charge < -0.3 is 0 Å². The number of rotatable bonds is 4. The average Bonchev–Trinajstić information content (AvgIpc) is 2.20. The molecule has 4 heteroatoms. The van der Waals surface area contributed by atoms with Crippen molar-refractivity contribution in [2.75, 3.05) is 0 Å². The van der Waals surface area contributed by atoms with Crippen molar-refractivity contribution in [3.8, 4) is 5.75 Å². The summed E-state index contributed by atoms with van der Waals surface area (Å²) in [6, 6.07) is 5.44. The van der Waals surface area contributed by atoms with Crippen LogP contribution in [0.2, 0.25) is 0 Å². The van der Waals surface area contributed by atoms with E-state index >= 15 is 0 Å². The Hall–Kier alpha value is -0.527. The Bertz CT molecular complexity index is 413. The summed E-state index contributed by atoms with van der Waals surface area (Å²) in [5, 5.41) is 0. The molecule has 1 rings (SSSR count). The maximum atomic E-state index is 11.3. The molecule has 0 saturated heterocycles. The third kappa shape index (κ3) is 3.80. The fourth-order valence-corrected chi connectivity index (χ4v) is 2.34. The molecule has 0 saturated carbocycles. The Morgan fingerprint density at radius 3 is 2.69 bits per heavy atom. The van der Waals surface area contributed by atoms with Crippen molar-refractivity contribution in [2.24, 2.45) is 0 Å². The molecule has 0 spiro atoms. The molecule has 0 aliphatic rings. The molecular weight excluding hydrogens is 313 g/mol. The standard InChI is InChI=1S/C12H14O2.ClH.Ru/c1-8(2)14-12-6-5-11(10(4)13)7-9(12)3;;/h3,5-8H,1-2,4H3;1H;/q;;+1/p-1. The third-order valence-electron chi connectivity index (χ3n) is 1.93. The van der Waals surface area contributed by atoms with E-state index in [4.69, 9.17) is 14.4 Å². The fourth-order valence-electron chi connectivity index (χ4n) is 1.25. The summed E-state index contributed by atoms with van der Waals surface area (Å²) >= 11 is -0.329. The molecule has 0 aliphatic carbocycles. The van der Waals surface area contributed by atoms with E-state index in [1.54, 1.807) is 13.0 Å². The van der Waals surface area contributed by atoms with Gasteiger partial charge in [0.05, 0.1) is 0 Å². The molecule has 0 aliphatic heterocycles. The predicted octanol–water partition coefficient (Wildman–Crippen LogP) is 3.06. The summed E-state index contributed by atoms with van der Waals surface area (Å²) < 4.78 is 7.57. The van der Waals surface area contributed by atoms with Crippen LogP contribution >= 0.6 is 9.69 Å². The zero-order valence-electron chi connectivity index (χ0n) is 9.43. The SMILES string of the molecule is CC(=O)c1ccc(OC(C)C)c([CH]=[Ru][Cl])c1. The minimum atomic E-state index is -0.329. The number of halogens is 1. The number of hydrogen-bond acceptors (Lipinski definition) is 2. The quantitative estimate of drug-likeness (QED) is 0.628. The molecule has 0 atom stereocenters. The van der Waals surface area contributed by atoms with E-state index in [-0.39, 0.29) is 27.6 Å². The monoisotopic (exact) mass is 327 g/mol. The molecule has 0 bridgehead atoms. The Morgan fingerprint density at radius 2 is 2.19 bits per heavy atom. The van der Waals surface area contributed by atoms with Crippen molar-refractivity contribution >= 4 is 20.1 Å². The van der Waals surface area contributed by atoms with E-state index < -0.39 is 0 Å². The maximum absolute atomic E-state index is 11.3. The van der Waals surface area contributed by atoms with Crippen LogP contribution in [0.3, 0.4) is 0 Å².